The van der Waals surface area contributed by atoms with Gasteiger partial charge in [0.25, 0.3) is 0 Å². The van der Waals surface area contributed by atoms with Crippen molar-refractivity contribution in [2.45, 2.75) is 118 Å². The Labute approximate surface area is 326 Å². The van der Waals surface area contributed by atoms with E-state index in [9.17, 15) is 0 Å². The fraction of sp³-hybridized carbons (Fsp3) is 0.440. The maximum absolute atomic E-state index is 6.41. The molecule has 0 aromatic heterocycles. The van der Waals surface area contributed by atoms with Crippen molar-refractivity contribution in [2.75, 3.05) is 28.4 Å². The summed E-state index contributed by atoms with van der Waals surface area (Å²) in [4.78, 5) is 0. The van der Waals surface area contributed by atoms with Crippen LogP contribution in [0.5, 0.6) is 23.0 Å². The molecule has 54 heavy (non-hydrogen) atoms. The molecule has 0 spiro atoms. The van der Waals surface area contributed by atoms with Gasteiger partial charge in [0, 0.05) is 35.1 Å². The lowest BCUT2D eigenvalue weighted by atomic mass is 9.78. The summed E-state index contributed by atoms with van der Waals surface area (Å²) in [7, 11) is 7.06. The van der Waals surface area contributed by atoms with Gasteiger partial charge in [0.15, 0.2) is 0 Å². The van der Waals surface area contributed by atoms with Crippen molar-refractivity contribution in [1.82, 2.24) is 0 Å². The van der Waals surface area contributed by atoms with Crippen LogP contribution in [0.15, 0.2) is 61.7 Å². The van der Waals surface area contributed by atoms with Crippen LogP contribution in [0.25, 0.3) is 11.1 Å². The highest BCUT2D eigenvalue weighted by Crippen LogP contribution is 2.48. The molecule has 288 valence electrons. The number of rotatable bonds is 4. The van der Waals surface area contributed by atoms with Crippen molar-refractivity contribution >= 4 is 11.1 Å². The van der Waals surface area contributed by atoms with Gasteiger partial charge in [0.1, 0.15) is 23.0 Å². The molecule has 4 nitrogen and oxygen atoms in total. The van der Waals surface area contributed by atoms with E-state index in [2.05, 4.69) is 132 Å². The quantitative estimate of drug-likeness (QED) is 0.185. The Morgan fingerprint density at radius 1 is 0.352 bits per heavy atom. The molecule has 4 heteroatoms. The van der Waals surface area contributed by atoms with E-state index in [1.54, 1.807) is 28.4 Å². The summed E-state index contributed by atoms with van der Waals surface area (Å²) in [6.45, 7) is 36.7. The molecule has 0 radical (unpaired) electrons. The second-order valence-electron chi connectivity index (χ2n) is 19.2. The first-order valence-corrected chi connectivity index (χ1v) is 19.2. The lowest BCUT2D eigenvalue weighted by Crippen LogP contribution is -2.16. The van der Waals surface area contributed by atoms with Gasteiger partial charge >= 0.3 is 0 Å². The fourth-order valence-corrected chi connectivity index (χ4v) is 7.58. The maximum Gasteiger partial charge on any atom is 0.134 e. The van der Waals surface area contributed by atoms with Gasteiger partial charge in [-0.1, -0.05) is 121 Å². The minimum atomic E-state index is -0.174. The third kappa shape index (κ3) is 7.72. The van der Waals surface area contributed by atoms with E-state index >= 15 is 0 Å². The zero-order valence-electron chi connectivity index (χ0n) is 36.1. The molecule has 0 fully saturated rings. The van der Waals surface area contributed by atoms with Crippen molar-refractivity contribution in [3.8, 4) is 23.0 Å². The SMILES string of the molecule is C=C1c2cc(C(C)(C)C)cc(c2OC)Cc2cc(C(C)(C)C)cc(c2OC)Cc2cc(C(C)(C)C)cc(c2OC)C(=C)c2cc(C(C)(C)C)cc1c2OC. The Balaban J connectivity index is 2.05. The fourth-order valence-electron chi connectivity index (χ4n) is 7.58. The highest BCUT2D eigenvalue weighted by molar-refractivity contribution is 5.92. The first kappa shape index (κ1) is 40.7. The first-order valence-electron chi connectivity index (χ1n) is 19.2. The zero-order valence-corrected chi connectivity index (χ0v) is 36.1. The highest BCUT2D eigenvalue weighted by atomic mass is 16.5. The van der Waals surface area contributed by atoms with Gasteiger partial charge in [-0.3, -0.25) is 0 Å². The number of hydrogen-bond acceptors (Lipinski definition) is 4. The summed E-state index contributed by atoms with van der Waals surface area (Å²) in [5.41, 5.74) is 14.0. The van der Waals surface area contributed by atoms with Crippen LogP contribution >= 0.6 is 0 Å². The van der Waals surface area contributed by atoms with E-state index in [0.29, 0.717) is 12.8 Å². The molecule has 0 heterocycles. The Bertz CT molecular complexity index is 1990. The summed E-state index contributed by atoms with van der Waals surface area (Å²) < 4.78 is 25.6. The van der Waals surface area contributed by atoms with Crippen molar-refractivity contribution in [3.63, 3.8) is 0 Å². The molecule has 0 N–H and O–H groups in total. The summed E-state index contributed by atoms with van der Waals surface area (Å²) in [6.07, 6.45) is 1.22. The predicted octanol–water partition coefficient (Wildman–Crippen LogP) is 12.5. The van der Waals surface area contributed by atoms with E-state index in [4.69, 9.17) is 32.1 Å². The normalized spacial score (nSPS) is 13.9. The topological polar surface area (TPSA) is 36.9 Å². The average Bonchev–Trinajstić information content (AvgIpc) is 3.07. The van der Waals surface area contributed by atoms with Gasteiger partial charge < -0.3 is 18.9 Å². The van der Waals surface area contributed by atoms with Crippen LogP contribution in [-0.2, 0) is 34.5 Å². The van der Waals surface area contributed by atoms with Crippen LogP contribution in [0.4, 0.5) is 0 Å². The van der Waals surface area contributed by atoms with Crippen LogP contribution in [0.1, 0.15) is 150 Å². The minimum Gasteiger partial charge on any atom is -0.496 e. The molecule has 0 atom stereocenters. The molecular weight excluding hydrogens is 665 g/mol. The van der Waals surface area contributed by atoms with Gasteiger partial charge in [0.2, 0.25) is 0 Å². The Morgan fingerprint density at radius 3 is 0.833 bits per heavy atom. The van der Waals surface area contributed by atoms with E-state index in [1.807, 2.05) is 0 Å². The number of benzene rings is 4. The lowest BCUT2D eigenvalue weighted by Gasteiger charge is -2.29. The van der Waals surface area contributed by atoms with Gasteiger partial charge in [0.05, 0.1) is 28.4 Å². The van der Waals surface area contributed by atoms with Crippen LogP contribution in [-0.4, -0.2) is 28.4 Å². The molecule has 4 aromatic carbocycles. The molecule has 0 unspecified atom stereocenters. The Kier molecular flexibility index (Phi) is 10.8. The second kappa shape index (κ2) is 14.3. The van der Waals surface area contributed by atoms with Gasteiger partial charge in [-0.25, -0.2) is 0 Å². The minimum absolute atomic E-state index is 0.103. The molecule has 0 amide bonds. The third-order valence-electron chi connectivity index (χ3n) is 11.0. The summed E-state index contributed by atoms with van der Waals surface area (Å²) >= 11 is 0. The number of hydrogen-bond donors (Lipinski definition) is 0. The Morgan fingerprint density at radius 2 is 0.574 bits per heavy atom. The van der Waals surface area contributed by atoms with E-state index in [1.165, 1.54) is 16.7 Å². The molecule has 0 saturated carbocycles. The standard InChI is InChI=1S/C50H64O4/c1-29-39-25-36(48(6,7)8)23-33(44(39)52-16)19-31-21-35(47(3,4)5)22-32(43(31)51-15)20-34-24-37(49(9,10)11)26-40(45(34)53-17)30(2)42-28-38(50(12,13)14)27-41(29)46(42)54-18/h21-28H,1-2,19-20H2,3-18H3. The van der Waals surface area contributed by atoms with E-state index < -0.39 is 0 Å². The summed E-state index contributed by atoms with van der Waals surface area (Å²) in [5.74, 6) is 3.20. The molecule has 0 aliphatic heterocycles. The smallest absolute Gasteiger partial charge is 0.134 e. The highest BCUT2D eigenvalue weighted by Gasteiger charge is 2.30. The average molecular weight is 729 g/mol. The number of methoxy groups -OCH3 is 4. The van der Waals surface area contributed by atoms with Crippen LogP contribution in [0.2, 0.25) is 0 Å². The Hall–Kier alpha value is -4.44. The van der Waals surface area contributed by atoms with Gasteiger partial charge in [-0.05, 0) is 102 Å². The number of ether oxygens (including phenoxy) is 4. The van der Waals surface area contributed by atoms with Crippen molar-refractivity contribution in [2.24, 2.45) is 0 Å². The van der Waals surface area contributed by atoms with Gasteiger partial charge in [-0.15, -0.1) is 0 Å². The lowest BCUT2D eigenvalue weighted by molar-refractivity contribution is 0.399. The molecule has 1 aliphatic rings. The second-order valence-corrected chi connectivity index (χ2v) is 19.2. The van der Waals surface area contributed by atoms with Crippen molar-refractivity contribution in [3.05, 3.63) is 128 Å². The van der Waals surface area contributed by atoms with Crippen LogP contribution < -0.4 is 18.9 Å². The molecular formula is C50H64O4. The summed E-state index contributed by atoms with van der Waals surface area (Å²) in [6, 6.07) is 18.2. The first-order chi connectivity index (χ1) is 24.9. The predicted molar refractivity (Wildman–Crippen MR) is 229 cm³/mol. The van der Waals surface area contributed by atoms with Gasteiger partial charge in [-0.2, -0.15) is 0 Å². The molecule has 8 bridgehead atoms. The van der Waals surface area contributed by atoms with E-state index in [-0.39, 0.29) is 21.7 Å². The van der Waals surface area contributed by atoms with E-state index in [0.717, 1.165) is 84.2 Å². The number of fused-ring (bicyclic) bond motifs is 8. The van der Waals surface area contributed by atoms with Crippen molar-refractivity contribution in [1.29, 1.82) is 0 Å². The zero-order chi connectivity index (χ0) is 40.3. The monoisotopic (exact) mass is 728 g/mol. The maximum atomic E-state index is 6.41. The largest absolute Gasteiger partial charge is 0.496 e. The molecule has 1 aliphatic carbocycles. The molecule has 4 aromatic rings. The molecule has 5 rings (SSSR count). The molecule has 0 saturated heterocycles. The van der Waals surface area contributed by atoms with Crippen LogP contribution in [0.3, 0.4) is 0 Å². The third-order valence-corrected chi connectivity index (χ3v) is 11.0. The van der Waals surface area contributed by atoms with Crippen molar-refractivity contribution < 1.29 is 18.9 Å². The van der Waals surface area contributed by atoms with Crippen LogP contribution in [0, 0.1) is 0 Å². The summed E-state index contributed by atoms with van der Waals surface area (Å²) in [5, 5.41) is 0.